The fourth-order valence-electron chi connectivity index (χ4n) is 6.89. The lowest BCUT2D eigenvalue weighted by molar-refractivity contribution is 1.10. The van der Waals surface area contributed by atoms with E-state index in [2.05, 4.69) is 51.6 Å². The van der Waals surface area contributed by atoms with Gasteiger partial charge >= 0.3 is 0 Å². The molecular weight excluding hydrogens is 548 g/mol. The number of pyridine rings is 1. The van der Waals surface area contributed by atoms with Crippen LogP contribution in [0.4, 0.5) is 0 Å². The molecule has 210 valence electrons. The maximum absolute atomic E-state index is 8.95. The van der Waals surface area contributed by atoms with Gasteiger partial charge < -0.3 is 9.13 Å². The molecule has 0 atom stereocenters. The van der Waals surface area contributed by atoms with Crippen molar-refractivity contribution in [2.45, 2.75) is 0 Å². The van der Waals surface area contributed by atoms with Crippen LogP contribution >= 0.6 is 0 Å². The van der Waals surface area contributed by atoms with Gasteiger partial charge in [0, 0.05) is 32.6 Å². The predicted molar refractivity (Wildman–Crippen MR) is 187 cm³/mol. The lowest BCUT2D eigenvalue weighted by atomic mass is 10.1. The molecule has 4 heteroatoms. The molecule has 6 aromatic carbocycles. The normalized spacial score (nSPS) is 14.5. The Morgan fingerprint density at radius 3 is 1.80 bits per heavy atom. The van der Waals surface area contributed by atoms with Gasteiger partial charge in [-0.2, -0.15) is 0 Å². The van der Waals surface area contributed by atoms with E-state index in [1.165, 1.54) is 4.57 Å². The molecule has 10 rings (SSSR count). The summed E-state index contributed by atoms with van der Waals surface area (Å²) in [4.78, 5) is 5.16. The van der Waals surface area contributed by atoms with Crippen molar-refractivity contribution in [3.8, 4) is 17.2 Å². The quantitative estimate of drug-likeness (QED) is 0.204. The van der Waals surface area contributed by atoms with E-state index in [9.17, 15) is 0 Å². The fraction of sp³-hybridized carbons (Fsp3) is 0. The van der Waals surface area contributed by atoms with Gasteiger partial charge in [0.05, 0.1) is 55.3 Å². The van der Waals surface area contributed by atoms with E-state index in [4.69, 9.17) is 16.0 Å². The molecule has 0 aliphatic carbocycles. The van der Waals surface area contributed by atoms with Crippen LogP contribution in [0.3, 0.4) is 0 Å². The number of benzene rings is 6. The van der Waals surface area contributed by atoms with Gasteiger partial charge in [-0.15, -0.1) is 0 Å². The fourth-order valence-corrected chi connectivity index (χ4v) is 6.89. The number of fused-ring (bicyclic) bond motifs is 9. The average Bonchev–Trinajstić information content (AvgIpc) is 3.84. The number of nitrogens with zero attached hydrogens (tertiary/aromatic N) is 4. The van der Waals surface area contributed by atoms with Crippen molar-refractivity contribution in [1.29, 1.82) is 0 Å². The van der Waals surface area contributed by atoms with Crippen molar-refractivity contribution in [1.82, 2.24) is 18.7 Å². The number of hydrogen-bond donors (Lipinski definition) is 0. The van der Waals surface area contributed by atoms with Crippen molar-refractivity contribution in [3.05, 3.63) is 158 Å². The van der Waals surface area contributed by atoms with E-state index in [-0.39, 0.29) is 51.8 Å². The molecule has 0 spiro atoms. The Morgan fingerprint density at radius 2 is 1.04 bits per heavy atom. The molecule has 4 heterocycles. The molecular formula is C41H26N4. The first-order valence-corrected chi connectivity index (χ1v) is 14.7. The second-order valence-electron chi connectivity index (χ2n) is 11.0. The Hall–Kier alpha value is -6.13. The molecule has 0 saturated carbocycles. The highest BCUT2D eigenvalue weighted by Gasteiger charge is 2.21. The van der Waals surface area contributed by atoms with Gasteiger partial charge in [-0.3, -0.25) is 4.57 Å². The molecule has 0 fully saturated rings. The molecule has 0 aliphatic rings. The topological polar surface area (TPSA) is 27.7 Å². The minimum atomic E-state index is -0.483. The summed E-state index contributed by atoms with van der Waals surface area (Å²) in [5.74, 6) is 0.259. The largest absolute Gasteiger partial charge is 0.309 e. The minimum Gasteiger partial charge on any atom is -0.309 e. The van der Waals surface area contributed by atoms with Crippen molar-refractivity contribution in [3.63, 3.8) is 0 Å². The SMILES string of the molecule is [2H]c1c([2H])c([2H])c2c(c1[2H])c1c([2H])c([2H])c([2H])c([2H])c1n2-c1ccc2c(n1)c1ccccc1n2-c1cccc2c1c1ccccc1n2-c1ccccc1. The second kappa shape index (κ2) is 9.18. The predicted octanol–water partition coefficient (Wildman–Crippen LogP) is 10.4. The van der Waals surface area contributed by atoms with Crippen LogP contribution in [0.2, 0.25) is 0 Å². The first-order valence-electron chi connectivity index (χ1n) is 18.7. The van der Waals surface area contributed by atoms with Crippen LogP contribution in [0.1, 0.15) is 11.0 Å². The van der Waals surface area contributed by atoms with Crippen molar-refractivity contribution >= 4 is 65.5 Å². The molecule has 0 saturated heterocycles. The minimum absolute atomic E-state index is 0.0174. The number of aromatic nitrogens is 4. The lowest BCUT2D eigenvalue weighted by Gasteiger charge is -2.12. The maximum Gasteiger partial charge on any atom is 0.138 e. The molecule has 4 nitrogen and oxygen atoms in total. The van der Waals surface area contributed by atoms with Crippen LogP contribution in [0.15, 0.2) is 158 Å². The Bertz CT molecular complexity index is 3140. The highest BCUT2D eigenvalue weighted by molar-refractivity contribution is 6.16. The molecule has 0 N–H and O–H groups in total. The van der Waals surface area contributed by atoms with Gasteiger partial charge in [-0.1, -0.05) is 96.9 Å². The molecule has 0 aliphatic heterocycles. The highest BCUT2D eigenvalue weighted by Crippen LogP contribution is 2.40. The molecule has 45 heavy (non-hydrogen) atoms. The van der Waals surface area contributed by atoms with Gasteiger partial charge in [-0.05, 0) is 60.6 Å². The Labute approximate surface area is 269 Å². The van der Waals surface area contributed by atoms with E-state index in [0.29, 0.717) is 5.52 Å². The zero-order valence-corrected chi connectivity index (χ0v) is 23.7. The third kappa shape index (κ3) is 3.34. The van der Waals surface area contributed by atoms with E-state index in [1.807, 2.05) is 60.7 Å². The van der Waals surface area contributed by atoms with E-state index < -0.39 is 24.2 Å². The Morgan fingerprint density at radius 1 is 0.422 bits per heavy atom. The Balaban J connectivity index is 1.33. The molecule has 0 bridgehead atoms. The standard InChI is InChI=1S/C41H26N4/c1-2-13-27(14-3-1)43-34-21-10-6-17-30(34)40-36(43)23-12-24-37(40)44-35-22-11-7-18-31(35)41-38(44)25-26-39(42-41)45-32-19-8-4-15-28(32)29-16-5-9-20-33(29)45/h1-26H/i4D,5D,8D,9D,15D,16D,19D,20D. The first kappa shape index (κ1) is 17.9. The summed E-state index contributed by atoms with van der Waals surface area (Å²) in [7, 11) is 0. The second-order valence-corrected chi connectivity index (χ2v) is 11.0. The van der Waals surface area contributed by atoms with E-state index >= 15 is 0 Å². The van der Waals surface area contributed by atoms with Crippen LogP contribution in [-0.4, -0.2) is 18.7 Å². The molecule has 0 unspecified atom stereocenters. The molecule has 4 aromatic heterocycles. The van der Waals surface area contributed by atoms with Crippen LogP contribution in [0, 0.1) is 0 Å². The molecule has 0 amide bonds. The van der Waals surface area contributed by atoms with Gasteiger partial charge in [0.15, 0.2) is 0 Å². The molecule has 10 aromatic rings. The van der Waals surface area contributed by atoms with Crippen LogP contribution < -0.4 is 0 Å². The van der Waals surface area contributed by atoms with Crippen LogP contribution in [0.25, 0.3) is 82.7 Å². The van der Waals surface area contributed by atoms with E-state index in [1.54, 1.807) is 6.07 Å². The summed E-state index contributed by atoms with van der Waals surface area (Å²) in [6.45, 7) is 0. The Kier molecular flexibility index (Phi) is 3.64. The summed E-state index contributed by atoms with van der Waals surface area (Å²) in [6, 6.07) is 33.1. The number of rotatable bonds is 3. The first-order chi connectivity index (χ1) is 25.7. The van der Waals surface area contributed by atoms with Crippen molar-refractivity contribution in [2.24, 2.45) is 0 Å². The molecule has 0 radical (unpaired) electrons. The summed E-state index contributed by atoms with van der Waals surface area (Å²) in [6.07, 6.45) is 0. The zero-order chi connectivity index (χ0) is 36.4. The van der Waals surface area contributed by atoms with Crippen LogP contribution in [0.5, 0.6) is 0 Å². The smallest absolute Gasteiger partial charge is 0.138 e. The lowest BCUT2D eigenvalue weighted by Crippen LogP contribution is -1.99. The van der Waals surface area contributed by atoms with E-state index in [0.717, 1.165) is 49.6 Å². The summed E-state index contributed by atoms with van der Waals surface area (Å²) in [5.41, 5.74) is 6.51. The monoisotopic (exact) mass is 582 g/mol. The van der Waals surface area contributed by atoms with Gasteiger partial charge in [0.1, 0.15) is 5.82 Å². The third-order valence-electron chi connectivity index (χ3n) is 8.69. The number of hydrogen-bond acceptors (Lipinski definition) is 1. The third-order valence-corrected chi connectivity index (χ3v) is 8.69. The summed E-state index contributed by atoms with van der Waals surface area (Å²) < 4.78 is 75.3. The maximum atomic E-state index is 8.95. The van der Waals surface area contributed by atoms with Gasteiger partial charge in [0.25, 0.3) is 0 Å². The van der Waals surface area contributed by atoms with Crippen LogP contribution in [-0.2, 0) is 0 Å². The average molecular weight is 583 g/mol. The van der Waals surface area contributed by atoms with Gasteiger partial charge in [-0.25, -0.2) is 4.98 Å². The van der Waals surface area contributed by atoms with Crippen molar-refractivity contribution in [2.75, 3.05) is 0 Å². The zero-order valence-electron chi connectivity index (χ0n) is 31.7. The highest BCUT2D eigenvalue weighted by atomic mass is 15.1. The van der Waals surface area contributed by atoms with Gasteiger partial charge in [0.2, 0.25) is 0 Å². The number of para-hydroxylation sites is 5. The summed E-state index contributed by atoms with van der Waals surface area (Å²) in [5, 5.41) is 3.03. The summed E-state index contributed by atoms with van der Waals surface area (Å²) >= 11 is 0. The van der Waals surface area contributed by atoms with Crippen molar-refractivity contribution < 1.29 is 11.0 Å².